The molecule has 188 valence electrons. The van der Waals surface area contributed by atoms with Crippen molar-refractivity contribution in [2.75, 3.05) is 11.9 Å². The van der Waals surface area contributed by atoms with E-state index in [1.54, 1.807) is 6.07 Å². The van der Waals surface area contributed by atoms with Crippen molar-refractivity contribution in [1.29, 1.82) is 10.5 Å². The van der Waals surface area contributed by atoms with E-state index in [-0.39, 0.29) is 22.6 Å². The summed E-state index contributed by atoms with van der Waals surface area (Å²) in [5, 5.41) is 20.0. The molecule has 1 aromatic heterocycles. The van der Waals surface area contributed by atoms with Crippen molar-refractivity contribution in [3.8, 4) is 17.9 Å². The lowest BCUT2D eigenvalue weighted by Crippen LogP contribution is -2.49. The molecule has 3 rings (SSSR count). The number of carbonyl (C=O) groups excluding carboxylic acids is 2. The van der Waals surface area contributed by atoms with E-state index in [1.807, 2.05) is 0 Å². The van der Waals surface area contributed by atoms with Crippen molar-refractivity contribution in [2.45, 2.75) is 18.7 Å². The maximum absolute atomic E-state index is 14.0. The van der Waals surface area contributed by atoms with Crippen LogP contribution in [0.2, 0.25) is 0 Å². The zero-order valence-electron chi connectivity index (χ0n) is 19.0. The second-order valence-electron chi connectivity index (χ2n) is 7.73. The molecule has 0 radical (unpaired) electrons. The highest BCUT2D eigenvalue weighted by atomic mass is 19.4. The number of alkyl halides is 3. The lowest BCUT2D eigenvalue weighted by molar-refractivity contribution is -0.138. The van der Waals surface area contributed by atoms with E-state index in [0.717, 1.165) is 31.2 Å². The van der Waals surface area contributed by atoms with E-state index in [2.05, 4.69) is 10.3 Å². The third-order valence-electron chi connectivity index (χ3n) is 4.97. The number of hydrogen-bond donors (Lipinski definition) is 1. The summed E-state index contributed by atoms with van der Waals surface area (Å²) in [5.74, 6) is -3.06. The standard InChI is InChI=1S/C25H16F4N4O4/c1-24(37-22(34)17-3-2-8-32-13-17,14-36-19-7-5-16(12-31)21(26)10-19)23(35)33-18-6-4-15(11-30)20(9-18)25(27,28)29/h2-10,13H,14H2,1H3,(H,33,35)/t24-/m0/s1. The number of aromatic nitrogens is 1. The summed E-state index contributed by atoms with van der Waals surface area (Å²) >= 11 is 0. The monoisotopic (exact) mass is 512 g/mol. The van der Waals surface area contributed by atoms with Crippen molar-refractivity contribution in [2.24, 2.45) is 0 Å². The topological polar surface area (TPSA) is 125 Å². The number of rotatable bonds is 7. The molecule has 1 amide bonds. The molecule has 12 heteroatoms. The Labute approximate surface area is 207 Å². The quantitative estimate of drug-likeness (QED) is 0.362. The predicted octanol–water partition coefficient (Wildman–Crippen LogP) is 4.62. The van der Waals surface area contributed by atoms with Gasteiger partial charge < -0.3 is 14.8 Å². The summed E-state index contributed by atoms with van der Waals surface area (Å²) in [6, 6.07) is 11.7. The third-order valence-corrected chi connectivity index (χ3v) is 4.97. The minimum absolute atomic E-state index is 0.0244. The van der Waals surface area contributed by atoms with Crippen molar-refractivity contribution < 1.29 is 36.6 Å². The van der Waals surface area contributed by atoms with Gasteiger partial charge in [0.2, 0.25) is 5.60 Å². The van der Waals surface area contributed by atoms with Gasteiger partial charge in [0.1, 0.15) is 24.2 Å². The first kappa shape index (κ1) is 26.6. The fourth-order valence-corrected chi connectivity index (χ4v) is 3.00. The number of carbonyl (C=O) groups is 2. The van der Waals surface area contributed by atoms with E-state index in [0.29, 0.717) is 6.07 Å². The number of pyridine rings is 1. The first-order valence-electron chi connectivity index (χ1n) is 10.4. The lowest BCUT2D eigenvalue weighted by Gasteiger charge is -2.28. The fraction of sp³-hybridized carbons (Fsp3) is 0.160. The highest BCUT2D eigenvalue weighted by Gasteiger charge is 2.40. The third kappa shape index (κ3) is 6.38. The number of anilines is 1. The lowest BCUT2D eigenvalue weighted by atomic mass is 10.0. The van der Waals surface area contributed by atoms with Crippen LogP contribution >= 0.6 is 0 Å². The molecule has 0 aliphatic heterocycles. The summed E-state index contributed by atoms with van der Waals surface area (Å²) in [4.78, 5) is 29.6. The van der Waals surface area contributed by atoms with Gasteiger partial charge in [-0.15, -0.1) is 0 Å². The van der Waals surface area contributed by atoms with E-state index >= 15 is 0 Å². The molecule has 8 nitrogen and oxygen atoms in total. The van der Waals surface area contributed by atoms with Crippen molar-refractivity contribution >= 4 is 17.6 Å². The molecule has 0 aliphatic rings. The number of benzene rings is 2. The van der Waals surface area contributed by atoms with Gasteiger partial charge in [-0.25, -0.2) is 9.18 Å². The molecule has 0 fully saturated rings. The highest BCUT2D eigenvalue weighted by molar-refractivity contribution is 6.00. The van der Waals surface area contributed by atoms with Gasteiger partial charge in [0.05, 0.1) is 28.3 Å². The minimum atomic E-state index is -4.87. The number of esters is 1. The summed E-state index contributed by atoms with van der Waals surface area (Å²) in [7, 11) is 0. The molecule has 2 aromatic carbocycles. The molecule has 3 aromatic rings. The molecule has 0 saturated heterocycles. The maximum Gasteiger partial charge on any atom is 0.417 e. The van der Waals surface area contributed by atoms with Gasteiger partial charge >= 0.3 is 12.1 Å². The first-order chi connectivity index (χ1) is 17.5. The molecule has 0 spiro atoms. The van der Waals surface area contributed by atoms with Gasteiger partial charge in [-0.2, -0.15) is 23.7 Å². The van der Waals surface area contributed by atoms with Crippen LogP contribution in [0.1, 0.15) is 34.0 Å². The second kappa shape index (κ2) is 10.7. The Morgan fingerprint density at radius 1 is 1.05 bits per heavy atom. The van der Waals surface area contributed by atoms with Crippen LogP contribution in [0.4, 0.5) is 23.2 Å². The molecule has 0 unspecified atom stereocenters. The Morgan fingerprint density at radius 2 is 1.76 bits per heavy atom. The molecular weight excluding hydrogens is 496 g/mol. The van der Waals surface area contributed by atoms with Crippen LogP contribution in [-0.2, 0) is 15.7 Å². The van der Waals surface area contributed by atoms with Gasteiger partial charge in [0.15, 0.2) is 0 Å². The summed E-state index contributed by atoms with van der Waals surface area (Å²) in [5.41, 5.74) is -4.66. The molecule has 1 heterocycles. The van der Waals surface area contributed by atoms with Crippen molar-refractivity contribution in [1.82, 2.24) is 4.98 Å². The fourth-order valence-electron chi connectivity index (χ4n) is 3.00. The largest absolute Gasteiger partial charge is 0.489 e. The normalized spacial score (nSPS) is 12.4. The van der Waals surface area contributed by atoms with Gasteiger partial charge in [0, 0.05) is 24.1 Å². The molecule has 0 aliphatic carbocycles. The van der Waals surface area contributed by atoms with Crippen LogP contribution < -0.4 is 10.1 Å². The van der Waals surface area contributed by atoms with Gasteiger partial charge in [-0.1, -0.05) is 0 Å². The van der Waals surface area contributed by atoms with Crippen LogP contribution in [0.25, 0.3) is 0 Å². The Hall–Kier alpha value is -4.97. The molecule has 1 N–H and O–H groups in total. The average molecular weight is 512 g/mol. The number of ether oxygens (including phenoxy) is 2. The summed E-state index contributed by atoms with van der Waals surface area (Å²) in [6.45, 7) is 0.462. The molecule has 37 heavy (non-hydrogen) atoms. The van der Waals surface area contributed by atoms with Crippen LogP contribution in [0.15, 0.2) is 60.9 Å². The molecule has 0 bridgehead atoms. The Morgan fingerprint density at radius 3 is 2.35 bits per heavy atom. The average Bonchev–Trinajstić information content (AvgIpc) is 2.87. The number of nitriles is 2. The zero-order valence-corrected chi connectivity index (χ0v) is 19.0. The molecule has 1 atom stereocenters. The van der Waals surface area contributed by atoms with Crippen molar-refractivity contribution in [3.05, 3.63) is 89.0 Å². The smallest absolute Gasteiger partial charge is 0.417 e. The van der Waals surface area contributed by atoms with Gasteiger partial charge in [0.25, 0.3) is 5.91 Å². The minimum Gasteiger partial charge on any atom is -0.489 e. The number of hydrogen-bond acceptors (Lipinski definition) is 7. The molecule has 0 saturated carbocycles. The highest BCUT2D eigenvalue weighted by Crippen LogP contribution is 2.34. The number of nitrogens with one attached hydrogen (secondary N) is 1. The molecular formula is C25H16F4N4O4. The Bertz CT molecular complexity index is 1410. The number of nitrogens with zero attached hydrogens (tertiary/aromatic N) is 3. The van der Waals surface area contributed by atoms with E-state index < -0.39 is 47.2 Å². The van der Waals surface area contributed by atoms with Crippen LogP contribution in [0.5, 0.6) is 5.75 Å². The van der Waals surface area contributed by atoms with E-state index in [1.165, 1.54) is 36.7 Å². The SMILES string of the molecule is C[C@@](COc1ccc(C#N)c(F)c1)(OC(=O)c1cccnc1)C(=O)Nc1ccc(C#N)c(C(F)(F)F)c1. The van der Waals surface area contributed by atoms with Gasteiger partial charge in [-0.05, 0) is 49.4 Å². The van der Waals surface area contributed by atoms with Crippen LogP contribution in [0.3, 0.4) is 0 Å². The zero-order chi connectivity index (χ0) is 27.2. The number of halogens is 4. The van der Waals surface area contributed by atoms with E-state index in [9.17, 15) is 27.2 Å². The first-order valence-corrected chi connectivity index (χ1v) is 10.4. The maximum atomic E-state index is 14.0. The van der Waals surface area contributed by atoms with Crippen molar-refractivity contribution in [3.63, 3.8) is 0 Å². The van der Waals surface area contributed by atoms with Crippen LogP contribution in [-0.4, -0.2) is 29.1 Å². The number of amides is 1. The Balaban J connectivity index is 1.90. The second-order valence-corrected chi connectivity index (χ2v) is 7.73. The van der Waals surface area contributed by atoms with Gasteiger partial charge in [-0.3, -0.25) is 9.78 Å². The Kier molecular flexibility index (Phi) is 7.73. The predicted molar refractivity (Wildman–Crippen MR) is 119 cm³/mol. The van der Waals surface area contributed by atoms with Crippen LogP contribution in [0, 0.1) is 28.5 Å². The van der Waals surface area contributed by atoms with E-state index in [4.69, 9.17) is 20.0 Å². The summed E-state index contributed by atoms with van der Waals surface area (Å²) in [6.07, 6.45) is -2.30. The summed E-state index contributed by atoms with van der Waals surface area (Å²) < 4.78 is 64.7.